The fraction of sp³-hybridized carbons (Fsp3) is 0.171. The molecule has 0 aliphatic carbocycles. The van der Waals surface area contributed by atoms with Crippen molar-refractivity contribution in [2.75, 3.05) is 11.9 Å². The molecule has 206 valence electrons. The summed E-state index contributed by atoms with van der Waals surface area (Å²) in [5, 5.41) is 2.85. The van der Waals surface area contributed by atoms with Crippen molar-refractivity contribution in [3.8, 4) is 5.75 Å². The van der Waals surface area contributed by atoms with E-state index in [1.807, 2.05) is 67.6 Å². The van der Waals surface area contributed by atoms with E-state index < -0.39 is 0 Å². The first-order valence-corrected chi connectivity index (χ1v) is 13.8. The summed E-state index contributed by atoms with van der Waals surface area (Å²) in [6, 6.07) is 34.4. The lowest BCUT2D eigenvalue weighted by molar-refractivity contribution is 0.0992. The number of benzene rings is 4. The Bertz CT molecular complexity index is 1650. The van der Waals surface area contributed by atoms with Crippen molar-refractivity contribution in [3.05, 3.63) is 154 Å². The van der Waals surface area contributed by atoms with E-state index in [-0.39, 0.29) is 30.1 Å². The van der Waals surface area contributed by atoms with Gasteiger partial charge in [0.2, 0.25) is 0 Å². The molecule has 5 nitrogen and oxygen atoms in total. The Morgan fingerprint density at radius 2 is 1.73 bits per heavy atom. The molecule has 5 aromatic rings. The molecule has 0 fully saturated rings. The maximum atomic E-state index is 14.6. The van der Waals surface area contributed by atoms with E-state index in [4.69, 9.17) is 9.15 Å². The van der Waals surface area contributed by atoms with Gasteiger partial charge in [-0.3, -0.25) is 9.69 Å². The number of aryl methyl sites for hydroxylation is 1. The lowest BCUT2D eigenvalue weighted by atomic mass is 9.87. The number of carbonyl (C=O) groups is 1. The lowest BCUT2D eigenvalue weighted by Gasteiger charge is -2.38. The van der Waals surface area contributed by atoms with Crippen LogP contribution in [0.15, 0.2) is 114 Å². The fourth-order valence-electron chi connectivity index (χ4n) is 5.34. The number of furan rings is 1. The van der Waals surface area contributed by atoms with Gasteiger partial charge in [0.05, 0.1) is 6.04 Å². The maximum absolute atomic E-state index is 14.6. The maximum Gasteiger partial charge on any atom is 0.291 e. The first-order chi connectivity index (χ1) is 20.0. The first-order valence-electron chi connectivity index (χ1n) is 13.8. The van der Waals surface area contributed by atoms with Gasteiger partial charge in [0, 0.05) is 24.3 Å². The summed E-state index contributed by atoms with van der Waals surface area (Å²) in [7, 11) is 0. The van der Waals surface area contributed by atoms with E-state index in [0.29, 0.717) is 29.3 Å². The van der Waals surface area contributed by atoms with E-state index in [1.54, 1.807) is 18.2 Å². The number of anilines is 1. The predicted octanol–water partition coefficient (Wildman–Crippen LogP) is 7.71. The lowest BCUT2D eigenvalue weighted by Crippen LogP contribution is -2.36. The Balaban J connectivity index is 1.19. The van der Waals surface area contributed by atoms with Crippen LogP contribution >= 0.6 is 0 Å². The zero-order chi connectivity index (χ0) is 28.2. The highest BCUT2D eigenvalue weighted by atomic mass is 19.1. The number of halogens is 1. The molecular weight excluding hydrogens is 515 g/mol. The summed E-state index contributed by atoms with van der Waals surface area (Å²) in [5.74, 6) is 0.988. The molecule has 1 N–H and O–H groups in total. The number of rotatable bonds is 8. The van der Waals surface area contributed by atoms with Crippen LogP contribution in [-0.2, 0) is 19.6 Å². The van der Waals surface area contributed by atoms with Gasteiger partial charge < -0.3 is 14.5 Å². The normalized spacial score (nSPS) is 14.8. The minimum Gasteiger partial charge on any atom is -0.486 e. The monoisotopic (exact) mass is 546 g/mol. The molecule has 1 aromatic heterocycles. The van der Waals surface area contributed by atoms with Gasteiger partial charge in [-0.1, -0.05) is 72.3 Å². The van der Waals surface area contributed by atoms with Crippen molar-refractivity contribution in [2.45, 2.75) is 32.5 Å². The van der Waals surface area contributed by atoms with Gasteiger partial charge in [-0.15, -0.1) is 0 Å². The minimum atomic E-state index is -0.311. The Labute approximate surface area is 239 Å². The van der Waals surface area contributed by atoms with Gasteiger partial charge in [-0.05, 0) is 72.5 Å². The summed E-state index contributed by atoms with van der Waals surface area (Å²) in [5.41, 5.74) is 6.07. The molecule has 1 aliphatic heterocycles. The average Bonchev–Trinajstić information content (AvgIpc) is 3.48. The molecule has 41 heavy (non-hydrogen) atoms. The third-order valence-electron chi connectivity index (χ3n) is 7.47. The van der Waals surface area contributed by atoms with E-state index in [9.17, 15) is 9.18 Å². The molecule has 0 saturated heterocycles. The molecule has 1 unspecified atom stereocenters. The van der Waals surface area contributed by atoms with Crippen molar-refractivity contribution < 1.29 is 18.3 Å². The van der Waals surface area contributed by atoms with Crippen LogP contribution in [0.4, 0.5) is 10.1 Å². The van der Waals surface area contributed by atoms with Crippen LogP contribution in [0.1, 0.15) is 50.2 Å². The molecule has 0 spiro atoms. The molecule has 2 heterocycles. The fourth-order valence-corrected chi connectivity index (χ4v) is 5.34. The molecule has 1 aliphatic rings. The van der Waals surface area contributed by atoms with Gasteiger partial charge in [0.1, 0.15) is 23.9 Å². The Morgan fingerprint density at radius 3 is 2.54 bits per heavy atom. The van der Waals surface area contributed by atoms with Crippen molar-refractivity contribution in [1.82, 2.24) is 4.90 Å². The highest BCUT2D eigenvalue weighted by molar-refractivity contribution is 6.02. The number of hydrogen-bond acceptors (Lipinski definition) is 4. The molecular formula is C35H31FN2O3. The van der Waals surface area contributed by atoms with Crippen molar-refractivity contribution >= 4 is 11.6 Å². The van der Waals surface area contributed by atoms with Crippen LogP contribution in [0.25, 0.3) is 0 Å². The van der Waals surface area contributed by atoms with Crippen LogP contribution in [0.3, 0.4) is 0 Å². The second kappa shape index (κ2) is 11.8. The van der Waals surface area contributed by atoms with Crippen molar-refractivity contribution in [1.29, 1.82) is 0 Å². The summed E-state index contributed by atoms with van der Waals surface area (Å²) < 4.78 is 26.5. The Kier molecular flexibility index (Phi) is 7.65. The van der Waals surface area contributed by atoms with Gasteiger partial charge in [-0.2, -0.15) is 0 Å². The smallest absolute Gasteiger partial charge is 0.291 e. The number of ether oxygens (including phenoxy) is 1. The largest absolute Gasteiger partial charge is 0.486 e. The molecule has 6 heteroatoms. The predicted molar refractivity (Wildman–Crippen MR) is 157 cm³/mol. The second-order valence-electron chi connectivity index (χ2n) is 10.4. The summed E-state index contributed by atoms with van der Waals surface area (Å²) in [6.45, 7) is 3.51. The van der Waals surface area contributed by atoms with E-state index in [0.717, 1.165) is 29.7 Å². The number of amides is 1. The van der Waals surface area contributed by atoms with Crippen LogP contribution in [0.5, 0.6) is 5.75 Å². The molecule has 4 aromatic carbocycles. The topological polar surface area (TPSA) is 54.7 Å². The highest BCUT2D eigenvalue weighted by Gasteiger charge is 2.29. The molecule has 6 rings (SSSR count). The van der Waals surface area contributed by atoms with Gasteiger partial charge in [0.15, 0.2) is 5.76 Å². The van der Waals surface area contributed by atoms with E-state index in [2.05, 4.69) is 34.5 Å². The molecule has 0 saturated carbocycles. The molecule has 1 amide bonds. The van der Waals surface area contributed by atoms with E-state index in [1.165, 1.54) is 11.6 Å². The number of carbonyl (C=O) groups excluding carboxylic acids is 1. The second-order valence-corrected chi connectivity index (χ2v) is 10.4. The van der Waals surface area contributed by atoms with Crippen molar-refractivity contribution in [2.24, 2.45) is 0 Å². The van der Waals surface area contributed by atoms with Crippen LogP contribution in [0.2, 0.25) is 0 Å². The zero-order valence-corrected chi connectivity index (χ0v) is 22.8. The summed E-state index contributed by atoms with van der Waals surface area (Å²) >= 11 is 0. The number of nitrogens with one attached hydrogen (secondary N) is 1. The third kappa shape index (κ3) is 6.08. The Hall–Kier alpha value is -4.68. The number of nitrogens with zero attached hydrogens (tertiary/aromatic N) is 1. The van der Waals surface area contributed by atoms with Gasteiger partial charge in [-0.25, -0.2) is 4.39 Å². The SMILES string of the molecule is Cc1ccc(NC(=O)c2ccc(COc3ccc4c(c3)C(c3ccccc3)N(Cc3ccccc3F)CC4)o2)cc1. The first kappa shape index (κ1) is 26.5. The summed E-state index contributed by atoms with van der Waals surface area (Å²) in [4.78, 5) is 15.0. The Morgan fingerprint density at radius 1 is 0.951 bits per heavy atom. The average molecular weight is 547 g/mol. The van der Waals surface area contributed by atoms with Crippen LogP contribution in [-0.4, -0.2) is 17.4 Å². The molecule has 0 radical (unpaired) electrons. The van der Waals surface area contributed by atoms with E-state index >= 15 is 0 Å². The standard InChI is InChI=1S/C35H31FN2O3/c1-24-11-14-28(15-12-24)37-35(39)33-18-17-30(41-33)23-40-29-16-13-25-19-20-38(22-27-9-5-6-10-32(27)36)34(31(25)21-29)26-7-3-2-4-8-26/h2-18,21,34H,19-20,22-23H2,1H3,(H,37,39). The number of fused-ring (bicyclic) bond motifs is 1. The van der Waals surface area contributed by atoms with Crippen LogP contribution in [0, 0.1) is 12.7 Å². The zero-order valence-electron chi connectivity index (χ0n) is 22.8. The highest BCUT2D eigenvalue weighted by Crippen LogP contribution is 2.38. The van der Waals surface area contributed by atoms with Gasteiger partial charge in [0.25, 0.3) is 5.91 Å². The number of hydrogen-bond donors (Lipinski definition) is 1. The minimum absolute atomic E-state index is 0.0382. The van der Waals surface area contributed by atoms with Gasteiger partial charge >= 0.3 is 0 Å². The summed E-state index contributed by atoms with van der Waals surface area (Å²) in [6.07, 6.45) is 0.866. The third-order valence-corrected chi connectivity index (χ3v) is 7.47. The van der Waals surface area contributed by atoms with Crippen molar-refractivity contribution in [3.63, 3.8) is 0 Å². The molecule has 0 bridgehead atoms. The molecule has 1 atom stereocenters. The quantitative estimate of drug-likeness (QED) is 0.217. The van der Waals surface area contributed by atoms with Crippen LogP contribution < -0.4 is 10.1 Å².